The highest BCUT2D eigenvalue weighted by Gasteiger charge is 2.18. The fraction of sp³-hybridized carbons (Fsp3) is 0.381. The Labute approximate surface area is 183 Å². The number of amides is 1. The molecule has 152 valence electrons. The monoisotopic (exact) mass is 513 g/mol. The van der Waals surface area contributed by atoms with Crippen LogP contribution in [0.3, 0.4) is 0 Å². The molecule has 0 saturated carbocycles. The Morgan fingerprint density at radius 2 is 1.68 bits per heavy atom. The van der Waals surface area contributed by atoms with Gasteiger partial charge in [0, 0.05) is 11.3 Å². The van der Waals surface area contributed by atoms with Crippen LogP contribution in [0, 0.1) is 0 Å². The second kappa shape index (κ2) is 9.18. The van der Waals surface area contributed by atoms with Crippen LogP contribution in [-0.2, 0) is 4.74 Å². The number of halogens is 2. The number of carbonyl (C=O) groups excluding carboxylic acids is 1. The van der Waals surface area contributed by atoms with Crippen LogP contribution < -0.4 is 14.8 Å². The lowest BCUT2D eigenvalue weighted by molar-refractivity contribution is 0.0636. The second-order valence-corrected chi connectivity index (χ2v) is 9.27. The van der Waals surface area contributed by atoms with Gasteiger partial charge in [0.2, 0.25) is 0 Å². The molecule has 0 aliphatic carbocycles. The highest BCUT2D eigenvalue weighted by Crippen LogP contribution is 2.40. The van der Waals surface area contributed by atoms with E-state index in [4.69, 9.17) is 14.2 Å². The number of ether oxygens (including phenoxy) is 3. The second-order valence-electron chi connectivity index (χ2n) is 7.56. The van der Waals surface area contributed by atoms with Crippen LogP contribution in [0.15, 0.2) is 39.3 Å². The third-order valence-corrected chi connectivity index (χ3v) is 4.86. The number of methoxy groups -OCH3 is 1. The summed E-state index contributed by atoms with van der Waals surface area (Å²) in [6.07, 6.45) is -0.517. The van der Waals surface area contributed by atoms with Gasteiger partial charge in [0.05, 0.1) is 16.1 Å². The SMILES string of the molecule is COc1ccc(Oc2c(Br)cc(NC(=O)OC(C)(C)C)cc2Br)cc1C(C)C. The normalized spacial score (nSPS) is 11.3. The molecule has 0 spiro atoms. The number of hydrogen-bond acceptors (Lipinski definition) is 4. The molecule has 0 aromatic heterocycles. The van der Waals surface area contributed by atoms with Gasteiger partial charge < -0.3 is 14.2 Å². The minimum absolute atomic E-state index is 0.297. The average molecular weight is 515 g/mol. The quantitative estimate of drug-likeness (QED) is 0.449. The van der Waals surface area contributed by atoms with Crippen molar-refractivity contribution in [2.24, 2.45) is 0 Å². The molecule has 5 nitrogen and oxygen atoms in total. The third-order valence-electron chi connectivity index (χ3n) is 3.69. The van der Waals surface area contributed by atoms with Gasteiger partial charge in [-0.25, -0.2) is 4.79 Å². The molecule has 0 aliphatic rings. The summed E-state index contributed by atoms with van der Waals surface area (Å²) in [5, 5.41) is 2.72. The van der Waals surface area contributed by atoms with Crippen molar-refractivity contribution >= 4 is 43.6 Å². The summed E-state index contributed by atoms with van der Waals surface area (Å²) in [7, 11) is 1.66. The predicted molar refractivity (Wildman–Crippen MR) is 119 cm³/mol. The maximum Gasteiger partial charge on any atom is 0.412 e. The van der Waals surface area contributed by atoms with E-state index in [1.807, 2.05) is 39.0 Å². The molecule has 2 rings (SSSR count). The minimum atomic E-state index is -0.565. The van der Waals surface area contributed by atoms with Crippen LogP contribution in [0.4, 0.5) is 10.5 Å². The summed E-state index contributed by atoms with van der Waals surface area (Å²) >= 11 is 7.02. The largest absolute Gasteiger partial charge is 0.496 e. The molecule has 0 aliphatic heterocycles. The van der Waals surface area contributed by atoms with Gasteiger partial charge in [-0.3, -0.25) is 5.32 Å². The molecule has 0 atom stereocenters. The minimum Gasteiger partial charge on any atom is -0.496 e. The van der Waals surface area contributed by atoms with Crippen LogP contribution in [-0.4, -0.2) is 18.8 Å². The van der Waals surface area contributed by atoms with Gasteiger partial charge in [0.1, 0.15) is 17.1 Å². The summed E-state index contributed by atoms with van der Waals surface area (Å²) in [6.45, 7) is 9.65. The van der Waals surface area contributed by atoms with Crippen molar-refractivity contribution in [3.8, 4) is 17.2 Å². The number of hydrogen-bond donors (Lipinski definition) is 1. The maximum absolute atomic E-state index is 12.0. The lowest BCUT2D eigenvalue weighted by Gasteiger charge is -2.20. The zero-order valence-corrected chi connectivity index (χ0v) is 20.0. The van der Waals surface area contributed by atoms with Crippen LogP contribution in [0.2, 0.25) is 0 Å². The number of nitrogens with one attached hydrogen (secondary N) is 1. The molecule has 0 heterocycles. The van der Waals surface area contributed by atoms with Crippen molar-refractivity contribution in [3.05, 3.63) is 44.8 Å². The maximum atomic E-state index is 12.0. The standard InChI is InChI=1S/C21H25Br2NO4/c1-12(2)15-11-14(7-8-18(15)26-6)27-19-16(22)9-13(10-17(19)23)24-20(25)28-21(3,4)5/h7-12H,1-6H3,(H,24,25). The van der Waals surface area contributed by atoms with E-state index in [0.29, 0.717) is 32.0 Å². The number of carbonyl (C=O) groups is 1. The van der Waals surface area contributed by atoms with E-state index >= 15 is 0 Å². The molecule has 0 bridgehead atoms. The summed E-state index contributed by atoms with van der Waals surface area (Å²) in [5.74, 6) is 2.43. The Hall–Kier alpha value is -1.73. The molecule has 2 aromatic carbocycles. The van der Waals surface area contributed by atoms with E-state index in [9.17, 15) is 4.79 Å². The van der Waals surface area contributed by atoms with E-state index < -0.39 is 11.7 Å². The lowest BCUT2D eigenvalue weighted by atomic mass is 10.0. The molecule has 0 fully saturated rings. The Balaban J connectivity index is 2.24. The van der Waals surface area contributed by atoms with E-state index in [1.54, 1.807) is 19.2 Å². The Morgan fingerprint density at radius 1 is 1.07 bits per heavy atom. The molecule has 2 aromatic rings. The van der Waals surface area contributed by atoms with Crippen molar-refractivity contribution in [3.63, 3.8) is 0 Å². The van der Waals surface area contributed by atoms with Crippen LogP contribution in [0.25, 0.3) is 0 Å². The molecule has 0 radical (unpaired) electrons. The molecule has 1 N–H and O–H groups in total. The van der Waals surface area contributed by atoms with Gasteiger partial charge in [-0.05, 0) is 88.9 Å². The zero-order chi connectivity index (χ0) is 21.1. The number of anilines is 1. The third kappa shape index (κ3) is 6.14. The summed E-state index contributed by atoms with van der Waals surface area (Å²) in [5.41, 5.74) is 1.08. The molecule has 1 amide bonds. The first-order valence-electron chi connectivity index (χ1n) is 8.85. The highest BCUT2D eigenvalue weighted by atomic mass is 79.9. The first kappa shape index (κ1) is 22.6. The Bertz CT molecular complexity index is 837. The summed E-state index contributed by atoms with van der Waals surface area (Å²) < 4.78 is 18.2. The van der Waals surface area contributed by atoms with Gasteiger partial charge in [-0.2, -0.15) is 0 Å². The van der Waals surface area contributed by atoms with E-state index in [0.717, 1.165) is 11.3 Å². The smallest absolute Gasteiger partial charge is 0.412 e. The van der Waals surface area contributed by atoms with E-state index in [-0.39, 0.29) is 0 Å². The van der Waals surface area contributed by atoms with Gasteiger partial charge >= 0.3 is 6.09 Å². The van der Waals surface area contributed by atoms with Crippen molar-refractivity contribution in [2.75, 3.05) is 12.4 Å². The van der Waals surface area contributed by atoms with E-state index in [2.05, 4.69) is 51.0 Å². The summed E-state index contributed by atoms with van der Waals surface area (Å²) in [4.78, 5) is 12.0. The first-order chi connectivity index (χ1) is 13.0. The molecule has 0 unspecified atom stereocenters. The van der Waals surface area contributed by atoms with Crippen LogP contribution in [0.5, 0.6) is 17.2 Å². The van der Waals surface area contributed by atoms with Crippen molar-refractivity contribution < 1.29 is 19.0 Å². The number of benzene rings is 2. The fourth-order valence-corrected chi connectivity index (χ4v) is 3.84. The Morgan fingerprint density at radius 3 is 2.18 bits per heavy atom. The highest BCUT2D eigenvalue weighted by molar-refractivity contribution is 9.11. The van der Waals surface area contributed by atoms with Crippen LogP contribution in [0.1, 0.15) is 46.1 Å². The molecule has 7 heteroatoms. The fourth-order valence-electron chi connectivity index (χ4n) is 2.50. The average Bonchev–Trinajstić information content (AvgIpc) is 2.56. The van der Waals surface area contributed by atoms with Crippen molar-refractivity contribution in [1.82, 2.24) is 0 Å². The van der Waals surface area contributed by atoms with E-state index in [1.165, 1.54) is 0 Å². The van der Waals surface area contributed by atoms with Crippen molar-refractivity contribution in [1.29, 1.82) is 0 Å². The molecular weight excluding hydrogens is 490 g/mol. The van der Waals surface area contributed by atoms with Gasteiger partial charge in [0.25, 0.3) is 0 Å². The topological polar surface area (TPSA) is 56.8 Å². The van der Waals surface area contributed by atoms with Gasteiger partial charge in [0.15, 0.2) is 5.75 Å². The molecule has 28 heavy (non-hydrogen) atoms. The molecular formula is C21H25Br2NO4. The lowest BCUT2D eigenvalue weighted by Crippen LogP contribution is -2.27. The van der Waals surface area contributed by atoms with Crippen LogP contribution >= 0.6 is 31.9 Å². The summed E-state index contributed by atoms with van der Waals surface area (Å²) in [6, 6.07) is 9.24. The first-order valence-corrected chi connectivity index (χ1v) is 10.4. The van der Waals surface area contributed by atoms with Gasteiger partial charge in [-0.1, -0.05) is 13.8 Å². The Kier molecular flexibility index (Phi) is 7.39. The molecule has 0 saturated heterocycles. The van der Waals surface area contributed by atoms with Gasteiger partial charge in [-0.15, -0.1) is 0 Å². The number of rotatable bonds is 5. The zero-order valence-electron chi connectivity index (χ0n) is 16.9. The predicted octanol–water partition coefficient (Wildman–Crippen LogP) is 7.48. The van der Waals surface area contributed by atoms with Crippen molar-refractivity contribution in [2.45, 2.75) is 46.1 Å².